The normalized spacial score (nSPS) is 12.8. The number of hydrogen-bond donors (Lipinski definition) is 2. The molecule has 1 aliphatic carbocycles. The lowest BCUT2D eigenvalue weighted by molar-refractivity contribution is -0.116. The van der Waals surface area contributed by atoms with Crippen molar-refractivity contribution in [3.8, 4) is 0 Å². The summed E-state index contributed by atoms with van der Waals surface area (Å²) in [5.41, 5.74) is 3.72. The number of hydrogen-bond acceptors (Lipinski definition) is 6. The highest BCUT2D eigenvalue weighted by Gasteiger charge is 2.18. The molecule has 0 aliphatic heterocycles. The lowest BCUT2D eigenvalue weighted by Crippen LogP contribution is -2.27. The molecule has 0 saturated heterocycles. The van der Waals surface area contributed by atoms with Crippen LogP contribution in [0.5, 0.6) is 0 Å². The van der Waals surface area contributed by atoms with Crippen LogP contribution in [0.4, 0.5) is 5.13 Å². The van der Waals surface area contributed by atoms with Crippen LogP contribution < -0.4 is 10.6 Å². The smallest absolute Gasteiger partial charge is 0.350 e. The average molecular weight is 416 g/mol. The molecule has 1 aliphatic rings. The molecule has 7 nitrogen and oxygen atoms in total. The second kappa shape index (κ2) is 9.65. The first-order valence-electron chi connectivity index (χ1n) is 9.82. The molecule has 154 valence electrons. The van der Waals surface area contributed by atoms with Crippen LogP contribution in [-0.2, 0) is 22.4 Å². The van der Waals surface area contributed by atoms with Gasteiger partial charge in [0.2, 0.25) is 5.91 Å². The number of esters is 1. The van der Waals surface area contributed by atoms with E-state index in [2.05, 4.69) is 15.6 Å². The zero-order valence-electron chi connectivity index (χ0n) is 16.7. The number of nitrogens with zero attached hydrogens (tertiary/aromatic N) is 1. The number of carbonyl (C=O) groups is 3. The summed E-state index contributed by atoms with van der Waals surface area (Å²) in [6, 6.07) is 5.83. The second-order valence-corrected chi connectivity index (χ2v) is 7.90. The fourth-order valence-electron chi connectivity index (χ4n) is 3.28. The van der Waals surface area contributed by atoms with Gasteiger partial charge in [0, 0.05) is 18.5 Å². The van der Waals surface area contributed by atoms with Crippen molar-refractivity contribution in [3.05, 3.63) is 45.5 Å². The summed E-state index contributed by atoms with van der Waals surface area (Å²) in [7, 11) is 0. The van der Waals surface area contributed by atoms with E-state index in [1.807, 2.05) is 18.2 Å². The molecule has 2 amide bonds. The van der Waals surface area contributed by atoms with Crippen LogP contribution in [0.2, 0.25) is 0 Å². The molecule has 1 heterocycles. The molecule has 0 unspecified atom stereocenters. The molecule has 2 aromatic rings. The van der Waals surface area contributed by atoms with Gasteiger partial charge in [-0.2, -0.15) is 0 Å². The van der Waals surface area contributed by atoms with Crippen LogP contribution in [-0.4, -0.2) is 35.9 Å². The topological polar surface area (TPSA) is 97.4 Å². The van der Waals surface area contributed by atoms with Gasteiger partial charge in [0.25, 0.3) is 5.91 Å². The van der Waals surface area contributed by atoms with Gasteiger partial charge >= 0.3 is 5.97 Å². The van der Waals surface area contributed by atoms with Crippen LogP contribution in [0.15, 0.2) is 18.2 Å². The maximum absolute atomic E-state index is 12.4. The minimum absolute atomic E-state index is 0.115. The van der Waals surface area contributed by atoms with Crippen molar-refractivity contribution in [1.82, 2.24) is 10.3 Å². The van der Waals surface area contributed by atoms with Gasteiger partial charge < -0.3 is 15.4 Å². The Morgan fingerprint density at radius 2 is 1.93 bits per heavy atom. The summed E-state index contributed by atoms with van der Waals surface area (Å²) in [5, 5.41) is 5.79. The number of aromatic nitrogens is 1. The predicted octanol–water partition coefficient (Wildman–Crippen LogP) is 3.27. The van der Waals surface area contributed by atoms with Gasteiger partial charge in [0.1, 0.15) is 4.88 Å². The van der Waals surface area contributed by atoms with E-state index in [1.165, 1.54) is 17.5 Å². The van der Waals surface area contributed by atoms with Crippen molar-refractivity contribution in [2.75, 3.05) is 18.5 Å². The second-order valence-electron chi connectivity index (χ2n) is 6.90. The summed E-state index contributed by atoms with van der Waals surface area (Å²) in [6.45, 7) is 3.92. The molecule has 0 fully saturated rings. The number of ether oxygens (including phenoxy) is 1. The monoisotopic (exact) mass is 415 g/mol. The fraction of sp³-hybridized carbons (Fsp3) is 0.429. The van der Waals surface area contributed by atoms with E-state index >= 15 is 0 Å². The molecular weight excluding hydrogens is 390 g/mol. The summed E-state index contributed by atoms with van der Waals surface area (Å²) in [5.74, 6) is -0.902. The first-order chi connectivity index (χ1) is 14.0. The third-order valence-electron chi connectivity index (χ3n) is 4.75. The molecule has 29 heavy (non-hydrogen) atoms. The molecular formula is C21H25N3O4S. The average Bonchev–Trinajstić information content (AvgIpc) is 3.07. The van der Waals surface area contributed by atoms with Crippen molar-refractivity contribution < 1.29 is 19.1 Å². The van der Waals surface area contributed by atoms with Gasteiger partial charge in [-0.15, -0.1) is 0 Å². The van der Waals surface area contributed by atoms with Crippen LogP contribution in [0.3, 0.4) is 0 Å². The number of anilines is 1. The first-order valence-corrected chi connectivity index (χ1v) is 10.6. The maximum Gasteiger partial charge on any atom is 0.350 e. The van der Waals surface area contributed by atoms with Gasteiger partial charge in [-0.3, -0.25) is 9.59 Å². The van der Waals surface area contributed by atoms with Crippen LogP contribution in [0.25, 0.3) is 0 Å². The summed E-state index contributed by atoms with van der Waals surface area (Å²) in [6.07, 6.45) is 4.56. The Bertz CT molecular complexity index is 923. The van der Waals surface area contributed by atoms with Gasteiger partial charge in [-0.05, 0) is 62.8 Å². The molecule has 0 bridgehead atoms. The Kier molecular flexibility index (Phi) is 6.98. The first kappa shape index (κ1) is 21.0. The Balaban J connectivity index is 1.48. The molecule has 0 saturated carbocycles. The number of amides is 2. The SMILES string of the molecule is CCOC(=O)c1sc(NC(=O)CCNC(=O)c2ccc3c(c2)CCCC3)nc1C. The third-order valence-corrected chi connectivity index (χ3v) is 5.80. The van der Waals surface area contributed by atoms with Gasteiger partial charge in [0.15, 0.2) is 5.13 Å². The predicted molar refractivity (Wildman–Crippen MR) is 111 cm³/mol. The maximum atomic E-state index is 12.4. The van der Waals surface area contributed by atoms with Crippen LogP contribution >= 0.6 is 11.3 Å². The number of aryl methyl sites for hydroxylation is 3. The fourth-order valence-corrected chi connectivity index (χ4v) is 4.16. The van der Waals surface area contributed by atoms with Gasteiger partial charge in [0.05, 0.1) is 12.3 Å². The van der Waals surface area contributed by atoms with E-state index in [1.54, 1.807) is 13.8 Å². The molecule has 3 rings (SSSR count). The number of nitrogens with one attached hydrogen (secondary N) is 2. The zero-order valence-corrected chi connectivity index (χ0v) is 17.5. The van der Waals surface area contributed by atoms with Crippen molar-refractivity contribution >= 4 is 34.3 Å². The van der Waals surface area contributed by atoms with Crippen LogP contribution in [0.1, 0.15) is 63.0 Å². The highest BCUT2D eigenvalue weighted by Crippen LogP contribution is 2.24. The summed E-state index contributed by atoms with van der Waals surface area (Å²) in [4.78, 5) is 40.9. The third kappa shape index (κ3) is 5.41. The Morgan fingerprint density at radius 1 is 1.17 bits per heavy atom. The van der Waals surface area contributed by atoms with Gasteiger partial charge in [-0.1, -0.05) is 17.4 Å². The number of carbonyl (C=O) groups excluding carboxylic acids is 3. The van der Waals surface area contributed by atoms with E-state index in [4.69, 9.17) is 4.74 Å². The largest absolute Gasteiger partial charge is 0.462 e. The molecule has 1 aromatic carbocycles. The number of fused-ring (bicyclic) bond motifs is 1. The van der Waals surface area contributed by atoms with Crippen molar-refractivity contribution in [3.63, 3.8) is 0 Å². The van der Waals surface area contributed by atoms with Gasteiger partial charge in [-0.25, -0.2) is 9.78 Å². The standard InChI is InChI=1S/C21H25N3O4S/c1-3-28-20(27)18-13(2)23-21(29-18)24-17(25)10-11-22-19(26)16-9-8-14-6-4-5-7-15(14)12-16/h8-9,12H,3-7,10-11H2,1-2H3,(H,22,26)(H,23,24,25). The van der Waals surface area contributed by atoms with E-state index in [0.717, 1.165) is 30.6 Å². The van der Waals surface area contributed by atoms with Crippen molar-refractivity contribution in [1.29, 1.82) is 0 Å². The molecule has 8 heteroatoms. The molecule has 0 atom stereocenters. The molecule has 0 spiro atoms. The molecule has 2 N–H and O–H groups in total. The van der Waals surface area contributed by atoms with Crippen LogP contribution in [0, 0.1) is 6.92 Å². The highest BCUT2D eigenvalue weighted by molar-refractivity contribution is 7.17. The Labute approximate surface area is 173 Å². The summed E-state index contributed by atoms with van der Waals surface area (Å²) < 4.78 is 4.97. The lowest BCUT2D eigenvalue weighted by Gasteiger charge is -2.16. The number of thiazole rings is 1. The lowest BCUT2D eigenvalue weighted by atomic mass is 9.90. The number of benzene rings is 1. The highest BCUT2D eigenvalue weighted by atomic mass is 32.1. The molecule has 0 radical (unpaired) electrons. The summed E-state index contributed by atoms with van der Waals surface area (Å²) >= 11 is 1.08. The van der Waals surface area contributed by atoms with E-state index in [0.29, 0.717) is 21.3 Å². The van der Waals surface area contributed by atoms with E-state index in [-0.39, 0.29) is 31.4 Å². The number of rotatable bonds is 7. The minimum Gasteiger partial charge on any atom is -0.462 e. The van der Waals surface area contributed by atoms with E-state index in [9.17, 15) is 14.4 Å². The quantitative estimate of drug-likeness (QED) is 0.677. The Hall–Kier alpha value is -2.74. The Morgan fingerprint density at radius 3 is 2.69 bits per heavy atom. The zero-order chi connectivity index (χ0) is 20.8. The van der Waals surface area contributed by atoms with E-state index < -0.39 is 5.97 Å². The molecule has 1 aromatic heterocycles. The minimum atomic E-state index is -0.444. The van der Waals surface area contributed by atoms with Crippen molar-refractivity contribution in [2.45, 2.75) is 46.0 Å². The van der Waals surface area contributed by atoms with Crippen molar-refractivity contribution in [2.24, 2.45) is 0 Å².